The molecule has 0 aromatic rings. The Kier molecular flexibility index (Phi) is 5.96. The van der Waals surface area contributed by atoms with Gasteiger partial charge >= 0.3 is 8.80 Å². The van der Waals surface area contributed by atoms with Crippen molar-refractivity contribution >= 4 is 8.80 Å². The highest BCUT2D eigenvalue weighted by atomic mass is 28.4. The van der Waals surface area contributed by atoms with Crippen LogP contribution >= 0.6 is 0 Å². The molecule has 0 saturated heterocycles. The van der Waals surface area contributed by atoms with Crippen molar-refractivity contribution in [3.05, 3.63) is 43.9 Å². The van der Waals surface area contributed by atoms with Gasteiger partial charge in [-0.3, -0.25) is 0 Å². The molecule has 91 valence electrons. The van der Waals surface area contributed by atoms with Gasteiger partial charge in [-0.25, -0.2) is 0 Å². The molecule has 0 aliphatic rings. The maximum atomic E-state index is 5.64. The van der Waals surface area contributed by atoms with E-state index in [9.17, 15) is 0 Å². The van der Waals surface area contributed by atoms with E-state index in [1.807, 2.05) is 0 Å². The first-order valence-corrected chi connectivity index (χ1v) is 7.07. The third kappa shape index (κ3) is 5.65. The molecule has 0 saturated carbocycles. The quantitative estimate of drug-likeness (QED) is 0.478. The molecule has 0 spiro atoms. The van der Waals surface area contributed by atoms with Crippen LogP contribution in [-0.2, 0) is 13.3 Å². The van der Waals surface area contributed by atoms with Gasteiger partial charge in [0.1, 0.15) is 0 Å². The minimum Gasteiger partial charge on any atom is -0.488 e. The van der Waals surface area contributed by atoms with E-state index >= 15 is 0 Å². The minimum absolute atomic E-state index is 0.558. The topological polar surface area (TPSA) is 27.7 Å². The van der Waals surface area contributed by atoms with Crippen LogP contribution in [0.15, 0.2) is 37.0 Å². The van der Waals surface area contributed by atoms with Crippen molar-refractivity contribution in [2.75, 3.05) is 0 Å². The van der Waals surface area contributed by atoms with Crippen molar-refractivity contribution in [1.82, 2.24) is 0 Å². The number of rotatable bonds is 8. The molecule has 0 N–H and O–H groups in total. The van der Waals surface area contributed by atoms with Gasteiger partial charge in [0.25, 0.3) is 0 Å². The molecule has 0 amide bonds. The fourth-order valence-corrected chi connectivity index (χ4v) is 3.69. The van der Waals surface area contributed by atoms with E-state index in [-0.39, 0.29) is 0 Å². The molecule has 4 heteroatoms. The summed E-state index contributed by atoms with van der Waals surface area (Å²) < 4.78 is 16.9. The lowest BCUT2D eigenvalue weighted by Gasteiger charge is -2.30. The molecule has 0 heterocycles. The van der Waals surface area contributed by atoms with Crippen LogP contribution in [0, 0.1) is 6.92 Å². The third-order valence-corrected chi connectivity index (χ3v) is 4.42. The summed E-state index contributed by atoms with van der Waals surface area (Å²) >= 11 is 0. The van der Waals surface area contributed by atoms with Crippen molar-refractivity contribution in [3.8, 4) is 0 Å². The van der Waals surface area contributed by atoms with Crippen LogP contribution in [0.3, 0.4) is 0 Å². The normalized spacial score (nSPS) is 10.5. The zero-order valence-corrected chi connectivity index (χ0v) is 11.5. The first-order valence-electron chi connectivity index (χ1n) is 5.14. The van der Waals surface area contributed by atoms with Crippen molar-refractivity contribution in [1.29, 1.82) is 0 Å². The Balaban J connectivity index is 4.93. The van der Waals surface area contributed by atoms with Crippen molar-refractivity contribution in [2.45, 2.75) is 33.2 Å². The Morgan fingerprint density at radius 3 is 1.38 bits per heavy atom. The second-order valence-corrected chi connectivity index (χ2v) is 6.18. The lowest BCUT2D eigenvalue weighted by Crippen LogP contribution is -2.44. The van der Waals surface area contributed by atoms with Gasteiger partial charge in [0.05, 0.1) is 23.3 Å². The Hall–Kier alpha value is -1.16. The van der Waals surface area contributed by atoms with E-state index in [0.717, 1.165) is 0 Å². The highest BCUT2D eigenvalue weighted by molar-refractivity contribution is 6.61. The maximum absolute atomic E-state index is 5.64. The van der Waals surface area contributed by atoms with Crippen molar-refractivity contribution in [2.24, 2.45) is 0 Å². The van der Waals surface area contributed by atoms with Crippen LogP contribution in [-0.4, -0.2) is 8.80 Å². The smallest absolute Gasteiger partial charge is 0.488 e. The molecule has 1 radical (unpaired) electrons. The second-order valence-electron chi connectivity index (χ2n) is 3.70. The Labute approximate surface area is 99.8 Å². The second kappa shape index (κ2) is 6.43. The van der Waals surface area contributed by atoms with Crippen LogP contribution in [0.4, 0.5) is 0 Å². The molecular formula is C12H21O3Si. The molecular weight excluding hydrogens is 220 g/mol. The zero-order valence-electron chi connectivity index (χ0n) is 10.5. The van der Waals surface area contributed by atoms with Gasteiger partial charge in [-0.1, -0.05) is 26.7 Å². The van der Waals surface area contributed by atoms with E-state index in [1.54, 1.807) is 20.8 Å². The molecule has 0 aliphatic carbocycles. The monoisotopic (exact) mass is 241 g/mol. The van der Waals surface area contributed by atoms with Crippen molar-refractivity contribution < 1.29 is 13.3 Å². The van der Waals surface area contributed by atoms with Gasteiger partial charge in [-0.15, -0.1) is 0 Å². The summed E-state index contributed by atoms with van der Waals surface area (Å²) in [6.45, 7) is 20.2. The standard InChI is InChI=1S/C12H21O3Si/c1-8-9-16(13-10(2)3,14-11(4)5)15-12(6)7/h1-2,4,6,8-9H2,3,5,7H3. The Morgan fingerprint density at radius 2 is 1.19 bits per heavy atom. The summed E-state index contributed by atoms with van der Waals surface area (Å²) in [5.74, 6) is 1.67. The summed E-state index contributed by atoms with van der Waals surface area (Å²) in [5.41, 5.74) is 0. The van der Waals surface area contributed by atoms with Crippen LogP contribution in [0.25, 0.3) is 0 Å². The largest absolute Gasteiger partial charge is 0.698 e. The highest BCUT2D eigenvalue weighted by Gasteiger charge is 2.47. The predicted octanol–water partition coefficient (Wildman–Crippen LogP) is 3.80. The van der Waals surface area contributed by atoms with E-state index in [1.165, 1.54) is 0 Å². The summed E-state index contributed by atoms with van der Waals surface area (Å²) in [7, 11) is -2.85. The number of hydrogen-bond acceptors (Lipinski definition) is 3. The SMILES string of the molecule is [CH2]CC[Si](OC(=C)C)(OC(=C)C)OC(=C)C. The summed E-state index contributed by atoms with van der Waals surface area (Å²) in [4.78, 5) is 0. The number of hydrogen-bond donors (Lipinski definition) is 0. The third-order valence-electron chi connectivity index (χ3n) is 1.47. The van der Waals surface area contributed by atoms with Gasteiger partial charge in [0.15, 0.2) is 0 Å². The molecule has 0 aromatic carbocycles. The molecule has 0 bridgehead atoms. The minimum atomic E-state index is -2.85. The van der Waals surface area contributed by atoms with Crippen LogP contribution < -0.4 is 0 Å². The lowest BCUT2D eigenvalue weighted by molar-refractivity contribution is 0.144. The van der Waals surface area contributed by atoms with E-state index < -0.39 is 8.80 Å². The van der Waals surface area contributed by atoms with Gasteiger partial charge in [0.2, 0.25) is 0 Å². The molecule has 16 heavy (non-hydrogen) atoms. The van der Waals surface area contributed by atoms with Gasteiger partial charge < -0.3 is 13.3 Å². The molecule has 3 nitrogen and oxygen atoms in total. The molecule has 0 aromatic heterocycles. The van der Waals surface area contributed by atoms with Crippen LogP contribution in [0.1, 0.15) is 27.2 Å². The average molecular weight is 241 g/mol. The van der Waals surface area contributed by atoms with Crippen LogP contribution in [0.5, 0.6) is 0 Å². The van der Waals surface area contributed by atoms with Crippen LogP contribution in [0.2, 0.25) is 6.04 Å². The fourth-order valence-electron chi connectivity index (χ4n) is 1.23. The fraction of sp³-hybridized carbons (Fsp3) is 0.417. The molecule has 0 atom stereocenters. The summed E-state index contributed by atoms with van der Waals surface area (Å²) in [6, 6.07) is 0.597. The van der Waals surface area contributed by atoms with Gasteiger partial charge in [0, 0.05) is 0 Å². The number of allylic oxidation sites excluding steroid dienone is 3. The predicted molar refractivity (Wildman–Crippen MR) is 68.2 cm³/mol. The Morgan fingerprint density at radius 1 is 0.875 bits per heavy atom. The van der Waals surface area contributed by atoms with Crippen molar-refractivity contribution in [3.63, 3.8) is 0 Å². The average Bonchev–Trinajstić information content (AvgIpc) is 1.98. The molecule has 0 unspecified atom stereocenters. The van der Waals surface area contributed by atoms with E-state index in [4.69, 9.17) is 13.3 Å². The van der Waals surface area contributed by atoms with E-state index in [2.05, 4.69) is 26.7 Å². The van der Waals surface area contributed by atoms with E-state index in [0.29, 0.717) is 29.7 Å². The lowest BCUT2D eigenvalue weighted by atomic mass is 10.6. The van der Waals surface area contributed by atoms with Gasteiger partial charge in [-0.05, 0) is 27.2 Å². The summed E-state index contributed by atoms with van der Waals surface area (Å²) in [6.07, 6.45) is 0.653. The summed E-state index contributed by atoms with van der Waals surface area (Å²) in [5, 5.41) is 0. The van der Waals surface area contributed by atoms with Gasteiger partial charge in [-0.2, -0.15) is 0 Å². The molecule has 0 aliphatic heterocycles. The molecule has 0 rings (SSSR count). The Bertz CT molecular complexity index is 243. The first kappa shape index (κ1) is 14.8. The molecule has 0 fully saturated rings. The first-order chi connectivity index (χ1) is 7.31. The maximum Gasteiger partial charge on any atom is 0.698 e. The highest BCUT2D eigenvalue weighted by Crippen LogP contribution is 2.25. The zero-order chi connectivity index (χ0) is 12.8.